The Bertz CT molecular complexity index is 3150. The minimum Gasteiger partial charge on any atom is -0.345 e. The normalized spacial score (nSPS) is 12.4. The van der Waals surface area contributed by atoms with Crippen molar-refractivity contribution >= 4 is 44.6 Å². The van der Waals surface area contributed by atoms with Crippen LogP contribution < -0.4 is 9.80 Å². The van der Waals surface area contributed by atoms with Crippen LogP contribution >= 0.6 is 0 Å². The van der Waals surface area contributed by atoms with E-state index in [0.29, 0.717) is 6.67 Å². The maximum atomic E-state index is 5.06. The summed E-state index contributed by atoms with van der Waals surface area (Å²) in [5.74, 6) is 0.856. The number of hydrogen-bond donors (Lipinski definition) is 0. The molecule has 300 valence electrons. The van der Waals surface area contributed by atoms with Gasteiger partial charge in [0.1, 0.15) is 5.82 Å². The van der Waals surface area contributed by atoms with Crippen molar-refractivity contribution in [3.63, 3.8) is 0 Å². The quantitative estimate of drug-likeness (QED) is 0.112. The number of aryl methyl sites for hydroxylation is 2. The second-order valence-corrected chi connectivity index (χ2v) is 15.9. The smallest absolute Gasteiger partial charge is 0.345 e. The number of para-hydroxylation sites is 4. The molecule has 8 aromatic carbocycles. The first-order valence-corrected chi connectivity index (χ1v) is 20.9. The van der Waals surface area contributed by atoms with E-state index in [-0.39, 0.29) is 21.1 Å². The van der Waals surface area contributed by atoms with E-state index in [4.69, 9.17) is 4.98 Å². The summed E-state index contributed by atoms with van der Waals surface area (Å²) >= 11 is 0. The van der Waals surface area contributed by atoms with Crippen LogP contribution in [0.25, 0.3) is 38.8 Å². The van der Waals surface area contributed by atoms with Gasteiger partial charge in [-0.25, -0.2) is 4.98 Å². The zero-order valence-electron chi connectivity index (χ0n) is 34.4. The molecule has 3 heterocycles. The van der Waals surface area contributed by atoms with Gasteiger partial charge in [0.25, 0.3) is 0 Å². The minimum atomic E-state index is -0.792. The first-order valence-electron chi connectivity index (χ1n) is 20.9. The molecule has 1 aliphatic heterocycles. The average molecular weight is 978 g/mol. The summed E-state index contributed by atoms with van der Waals surface area (Å²) in [6, 6.07) is 79.9. The van der Waals surface area contributed by atoms with Crippen LogP contribution in [0, 0.1) is 26.0 Å². The Morgan fingerprint density at radius 3 is 1.82 bits per heavy atom. The van der Waals surface area contributed by atoms with E-state index >= 15 is 0 Å². The summed E-state index contributed by atoms with van der Waals surface area (Å²) < 4.78 is 2.30. The third-order valence-electron chi connectivity index (χ3n) is 12.4. The van der Waals surface area contributed by atoms with Crippen molar-refractivity contribution in [3.8, 4) is 16.9 Å². The molecule has 0 aliphatic carbocycles. The zero-order chi connectivity index (χ0) is 40.9. The molecule has 11 rings (SSSR count). The number of nitrogens with zero attached hydrogens (tertiary/aromatic N) is 4. The summed E-state index contributed by atoms with van der Waals surface area (Å²) in [6.07, 6.45) is 1.94. The molecule has 0 spiro atoms. The number of aromatic nitrogens is 2. The van der Waals surface area contributed by atoms with Crippen molar-refractivity contribution in [2.45, 2.75) is 19.3 Å². The molecule has 2 aromatic heterocycles. The number of hydrogen-bond acceptors (Lipinski definition) is 3. The molecular formula is C57H42N4Pt. The molecule has 0 saturated carbocycles. The number of anilines is 4. The predicted octanol–water partition coefficient (Wildman–Crippen LogP) is 13.7. The largest absolute Gasteiger partial charge is 2.00 e. The minimum absolute atomic E-state index is 0. The molecule has 0 saturated heterocycles. The van der Waals surface area contributed by atoms with E-state index in [1.165, 1.54) is 22.4 Å². The maximum Gasteiger partial charge on any atom is 2.00 e. The Morgan fingerprint density at radius 1 is 0.516 bits per heavy atom. The third kappa shape index (κ3) is 6.37. The maximum absolute atomic E-state index is 5.06. The van der Waals surface area contributed by atoms with Crippen LogP contribution in [0.2, 0.25) is 0 Å². The van der Waals surface area contributed by atoms with Gasteiger partial charge in [-0.05, 0) is 95.1 Å². The van der Waals surface area contributed by atoms with Gasteiger partial charge in [-0.3, -0.25) is 0 Å². The Labute approximate surface area is 377 Å². The van der Waals surface area contributed by atoms with Crippen LogP contribution in [0.15, 0.2) is 206 Å². The fourth-order valence-corrected chi connectivity index (χ4v) is 9.71. The summed E-state index contributed by atoms with van der Waals surface area (Å²) in [5, 5.41) is 2.29. The van der Waals surface area contributed by atoms with Gasteiger partial charge in [0.05, 0.1) is 18.0 Å². The van der Waals surface area contributed by atoms with Crippen molar-refractivity contribution in [1.29, 1.82) is 0 Å². The Kier molecular flexibility index (Phi) is 10.2. The fraction of sp³-hybridized carbons (Fsp3) is 0.0702. The molecule has 0 bridgehead atoms. The van der Waals surface area contributed by atoms with Gasteiger partial charge in [0.2, 0.25) is 0 Å². The van der Waals surface area contributed by atoms with E-state index in [1.54, 1.807) is 0 Å². The molecule has 0 unspecified atom stereocenters. The van der Waals surface area contributed by atoms with E-state index < -0.39 is 5.41 Å². The molecule has 4 nitrogen and oxygen atoms in total. The number of fused-ring (bicyclic) bond motifs is 4. The summed E-state index contributed by atoms with van der Waals surface area (Å²) in [7, 11) is 0. The molecule has 0 N–H and O–H groups in total. The van der Waals surface area contributed by atoms with Crippen molar-refractivity contribution in [1.82, 2.24) is 9.55 Å². The Hall–Kier alpha value is -7.00. The van der Waals surface area contributed by atoms with Gasteiger partial charge < -0.3 is 14.4 Å². The van der Waals surface area contributed by atoms with Gasteiger partial charge in [-0.1, -0.05) is 139 Å². The average Bonchev–Trinajstić information content (AvgIpc) is 3.87. The number of pyridine rings is 1. The standard InChI is InChI=1S/C57H42N4.Pt/c1-40-18-16-19-41(2)56(40)42-34-35-58-55(36-42)61-51-29-13-12-28-49(51)50-33-32-46(38-54(50)61)57(43-20-6-3-7-21-43,44-22-8-4-9-23-44)45-24-17-27-48(37-45)60-39-59(47-25-10-5-11-26-47)52-30-14-15-31-53(52)60;/h3-36H,39H2,1-2H3;/q-2;+2. The second kappa shape index (κ2) is 16.1. The number of rotatable bonds is 8. The van der Waals surface area contributed by atoms with Crippen molar-refractivity contribution < 1.29 is 21.1 Å². The predicted molar refractivity (Wildman–Crippen MR) is 251 cm³/mol. The van der Waals surface area contributed by atoms with Crippen molar-refractivity contribution in [2.24, 2.45) is 0 Å². The van der Waals surface area contributed by atoms with Gasteiger partial charge in [0.15, 0.2) is 0 Å². The second-order valence-electron chi connectivity index (χ2n) is 15.9. The van der Waals surface area contributed by atoms with E-state index in [2.05, 4.69) is 241 Å². The van der Waals surface area contributed by atoms with Crippen LogP contribution in [-0.2, 0) is 26.5 Å². The van der Waals surface area contributed by atoms with Crippen molar-refractivity contribution in [3.05, 3.63) is 252 Å². The summed E-state index contributed by atoms with van der Waals surface area (Å²) in [4.78, 5) is 9.82. The topological polar surface area (TPSA) is 24.3 Å². The first-order chi connectivity index (χ1) is 30.1. The molecule has 10 aromatic rings. The van der Waals surface area contributed by atoms with E-state index in [0.717, 1.165) is 72.5 Å². The molecule has 0 amide bonds. The Morgan fingerprint density at radius 2 is 1.11 bits per heavy atom. The molecule has 62 heavy (non-hydrogen) atoms. The summed E-state index contributed by atoms with van der Waals surface area (Å²) in [5.41, 5.74) is 15.0. The van der Waals surface area contributed by atoms with Crippen LogP contribution in [0.1, 0.15) is 33.4 Å². The SMILES string of the molecule is Cc1cccc(C)c1-c1ccnc(-n2c3[c-]c(C(c4[c-]c(N5CN(c6ccccc6)c6ccccc65)ccc4)(c4ccccc4)c4ccccc4)ccc3c3ccccc32)c1.[Pt+2]. The number of benzene rings is 8. The molecule has 0 radical (unpaired) electrons. The summed E-state index contributed by atoms with van der Waals surface area (Å²) in [6.45, 7) is 5.03. The van der Waals surface area contributed by atoms with Gasteiger partial charge in [0, 0.05) is 22.8 Å². The van der Waals surface area contributed by atoms with Gasteiger partial charge in [-0.15, -0.1) is 22.6 Å². The third-order valence-corrected chi connectivity index (χ3v) is 12.4. The fourth-order valence-electron chi connectivity index (χ4n) is 9.71. The van der Waals surface area contributed by atoms with E-state index in [9.17, 15) is 0 Å². The molecule has 5 heteroatoms. The molecule has 0 fully saturated rings. The van der Waals surface area contributed by atoms with Gasteiger partial charge in [-0.2, -0.15) is 36.4 Å². The monoisotopic (exact) mass is 977 g/mol. The zero-order valence-corrected chi connectivity index (χ0v) is 36.7. The van der Waals surface area contributed by atoms with Crippen molar-refractivity contribution in [2.75, 3.05) is 16.5 Å². The van der Waals surface area contributed by atoms with Crippen LogP contribution in [0.4, 0.5) is 22.7 Å². The first kappa shape index (κ1) is 39.2. The van der Waals surface area contributed by atoms with E-state index in [1.807, 2.05) is 6.20 Å². The Balaban J connectivity index is 0.00000458. The molecular weight excluding hydrogens is 936 g/mol. The van der Waals surface area contributed by atoms with Crippen LogP contribution in [-0.4, -0.2) is 16.2 Å². The van der Waals surface area contributed by atoms with Gasteiger partial charge >= 0.3 is 21.1 Å². The molecule has 1 aliphatic rings. The van der Waals surface area contributed by atoms with Crippen LogP contribution in [0.3, 0.4) is 0 Å². The molecule has 0 atom stereocenters. The van der Waals surface area contributed by atoms with Crippen LogP contribution in [0.5, 0.6) is 0 Å².